The van der Waals surface area contributed by atoms with E-state index in [9.17, 15) is 14.7 Å². The molecule has 1 saturated heterocycles. The highest BCUT2D eigenvalue weighted by atomic mass is 16.5. The summed E-state index contributed by atoms with van der Waals surface area (Å²) in [6.45, 7) is 1.46. The number of aliphatic carboxylic acids is 1. The average Bonchev–Trinajstić information content (AvgIpc) is 3.04. The van der Waals surface area contributed by atoms with Gasteiger partial charge in [0.05, 0.1) is 30.3 Å². The summed E-state index contributed by atoms with van der Waals surface area (Å²) in [5, 5.41) is 16.3. The third-order valence-corrected chi connectivity index (χ3v) is 4.40. The Morgan fingerprint density at radius 2 is 1.96 bits per heavy atom. The van der Waals surface area contributed by atoms with Crippen molar-refractivity contribution < 1.29 is 19.4 Å². The molecule has 0 bridgehead atoms. The molecule has 7 nitrogen and oxygen atoms in total. The minimum atomic E-state index is -0.929. The van der Waals surface area contributed by atoms with E-state index < -0.39 is 11.5 Å². The normalized spacial score (nSPS) is 16.3. The Kier molecular flexibility index (Phi) is 5.14. The van der Waals surface area contributed by atoms with Gasteiger partial charge in [0.25, 0.3) is 5.91 Å². The van der Waals surface area contributed by atoms with E-state index in [1.165, 1.54) is 6.20 Å². The van der Waals surface area contributed by atoms with Gasteiger partial charge in [-0.1, -0.05) is 30.3 Å². The maximum absolute atomic E-state index is 12.6. The number of nitrogens with zero attached hydrogens (tertiary/aromatic N) is 2. The molecule has 1 fully saturated rings. The fraction of sp³-hybridized carbons (Fsp3) is 0.389. The van der Waals surface area contributed by atoms with Crippen LogP contribution in [0.4, 0.5) is 0 Å². The first-order chi connectivity index (χ1) is 12.1. The van der Waals surface area contributed by atoms with Crippen LogP contribution in [0.25, 0.3) is 0 Å². The second kappa shape index (κ2) is 7.48. The maximum Gasteiger partial charge on any atom is 0.305 e. The van der Waals surface area contributed by atoms with Crippen LogP contribution in [0.5, 0.6) is 0 Å². The van der Waals surface area contributed by atoms with Crippen molar-refractivity contribution in [1.29, 1.82) is 0 Å². The Morgan fingerprint density at radius 1 is 1.24 bits per heavy atom. The van der Waals surface area contributed by atoms with Gasteiger partial charge in [-0.25, -0.2) is 0 Å². The van der Waals surface area contributed by atoms with Gasteiger partial charge in [0.1, 0.15) is 0 Å². The highest BCUT2D eigenvalue weighted by molar-refractivity contribution is 5.94. The Bertz CT molecular complexity index is 736. The number of carboxylic acids is 1. The molecule has 0 atom stereocenters. The van der Waals surface area contributed by atoms with Gasteiger partial charge in [0.15, 0.2) is 0 Å². The molecule has 1 aromatic heterocycles. The fourth-order valence-corrected chi connectivity index (χ4v) is 3.05. The largest absolute Gasteiger partial charge is 0.481 e. The average molecular weight is 343 g/mol. The summed E-state index contributed by atoms with van der Waals surface area (Å²) in [6, 6.07) is 9.83. The van der Waals surface area contributed by atoms with E-state index in [2.05, 4.69) is 10.4 Å². The van der Waals surface area contributed by atoms with Crippen LogP contribution in [0, 0.1) is 0 Å². The molecule has 7 heteroatoms. The number of carbonyl (C=O) groups is 2. The third kappa shape index (κ3) is 4.45. The van der Waals surface area contributed by atoms with Crippen LogP contribution < -0.4 is 5.32 Å². The van der Waals surface area contributed by atoms with E-state index in [-0.39, 0.29) is 12.3 Å². The molecule has 132 valence electrons. The molecule has 0 radical (unpaired) electrons. The fourth-order valence-electron chi connectivity index (χ4n) is 3.05. The summed E-state index contributed by atoms with van der Waals surface area (Å²) in [5.41, 5.74) is 0.749. The van der Waals surface area contributed by atoms with Crippen LogP contribution in [0.15, 0.2) is 42.7 Å². The van der Waals surface area contributed by atoms with Crippen molar-refractivity contribution in [1.82, 2.24) is 15.1 Å². The van der Waals surface area contributed by atoms with Crippen LogP contribution in [-0.2, 0) is 16.1 Å². The van der Waals surface area contributed by atoms with Gasteiger partial charge < -0.3 is 15.2 Å². The summed E-state index contributed by atoms with van der Waals surface area (Å²) in [7, 11) is 0. The van der Waals surface area contributed by atoms with E-state index in [4.69, 9.17) is 4.74 Å². The molecule has 1 aromatic carbocycles. The number of carboxylic acid groups (broad SMARTS) is 1. The first kappa shape index (κ1) is 17.2. The highest BCUT2D eigenvalue weighted by Gasteiger charge is 2.36. The maximum atomic E-state index is 12.6. The third-order valence-electron chi connectivity index (χ3n) is 4.40. The number of benzene rings is 1. The summed E-state index contributed by atoms with van der Waals surface area (Å²) in [5.74, 6) is -1.23. The van der Waals surface area contributed by atoms with Gasteiger partial charge in [-0.3, -0.25) is 14.3 Å². The quantitative estimate of drug-likeness (QED) is 0.832. The minimum Gasteiger partial charge on any atom is -0.481 e. The lowest BCUT2D eigenvalue weighted by Crippen LogP contribution is -2.53. The van der Waals surface area contributed by atoms with Crippen LogP contribution in [0.2, 0.25) is 0 Å². The van der Waals surface area contributed by atoms with Crippen LogP contribution >= 0.6 is 0 Å². The molecule has 1 aliphatic rings. The van der Waals surface area contributed by atoms with Crippen LogP contribution in [-0.4, -0.2) is 45.5 Å². The Morgan fingerprint density at radius 3 is 2.64 bits per heavy atom. The molecule has 0 spiro atoms. The zero-order valence-electron chi connectivity index (χ0n) is 13.9. The van der Waals surface area contributed by atoms with Crippen molar-refractivity contribution in [3.8, 4) is 0 Å². The number of carbonyl (C=O) groups excluding carboxylic acids is 1. The second-order valence-electron chi connectivity index (χ2n) is 6.33. The number of ether oxygens (including phenoxy) is 1. The molecule has 2 heterocycles. The van der Waals surface area contributed by atoms with Crippen LogP contribution in [0.3, 0.4) is 0 Å². The Balaban J connectivity index is 1.69. The summed E-state index contributed by atoms with van der Waals surface area (Å²) in [6.07, 6.45) is 4.05. The lowest BCUT2D eigenvalue weighted by molar-refractivity contribution is -0.139. The zero-order valence-corrected chi connectivity index (χ0v) is 13.9. The Labute approximate surface area is 145 Å². The van der Waals surface area contributed by atoms with Crippen molar-refractivity contribution in [2.45, 2.75) is 31.3 Å². The van der Waals surface area contributed by atoms with Crippen molar-refractivity contribution in [2.75, 3.05) is 13.2 Å². The zero-order chi connectivity index (χ0) is 17.7. The first-order valence-electron chi connectivity index (χ1n) is 8.25. The molecule has 0 aliphatic carbocycles. The molecule has 0 saturated carbocycles. The van der Waals surface area contributed by atoms with Gasteiger partial charge in [0.2, 0.25) is 0 Å². The molecule has 1 aliphatic heterocycles. The van der Waals surface area contributed by atoms with Gasteiger partial charge in [-0.2, -0.15) is 5.10 Å². The number of aromatic nitrogens is 2. The van der Waals surface area contributed by atoms with Crippen LogP contribution in [0.1, 0.15) is 35.2 Å². The Hall–Kier alpha value is -2.67. The van der Waals surface area contributed by atoms with Crippen molar-refractivity contribution in [3.63, 3.8) is 0 Å². The standard InChI is InChI=1S/C18H21N3O4/c22-16(23)10-18(6-8-25-9-7-18)20-17(24)15-11-19-21(13-15)12-14-4-2-1-3-5-14/h1-5,11,13H,6-10,12H2,(H,20,24)(H,22,23). The molecule has 1 amide bonds. The number of nitrogens with one attached hydrogen (secondary N) is 1. The summed E-state index contributed by atoms with van der Waals surface area (Å²) < 4.78 is 7.00. The van der Waals surface area contributed by atoms with E-state index in [1.807, 2.05) is 30.3 Å². The van der Waals surface area contributed by atoms with E-state index in [0.29, 0.717) is 38.2 Å². The smallest absolute Gasteiger partial charge is 0.305 e. The van der Waals surface area contributed by atoms with E-state index in [1.54, 1.807) is 10.9 Å². The van der Waals surface area contributed by atoms with Crippen molar-refractivity contribution in [3.05, 3.63) is 53.9 Å². The van der Waals surface area contributed by atoms with Crippen molar-refractivity contribution in [2.24, 2.45) is 0 Å². The van der Waals surface area contributed by atoms with Crippen molar-refractivity contribution >= 4 is 11.9 Å². The SMILES string of the molecule is O=C(O)CC1(NC(=O)c2cnn(Cc3ccccc3)c2)CCOCC1. The number of hydrogen-bond donors (Lipinski definition) is 2. The van der Waals surface area contributed by atoms with Gasteiger partial charge in [-0.05, 0) is 18.4 Å². The predicted octanol–water partition coefficient (Wildman–Crippen LogP) is 1.69. The second-order valence-corrected chi connectivity index (χ2v) is 6.33. The molecular formula is C18H21N3O4. The van der Waals surface area contributed by atoms with E-state index in [0.717, 1.165) is 5.56 Å². The molecule has 2 N–H and O–H groups in total. The first-order valence-corrected chi connectivity index (χ1v) is 8.25. The molecule has 25 heavy (non-hydrogen) atoms. The highest BCUT2D eigenvalue weighted by Crippen LogP contribution is 2.25. The van der Waals surface area contributed by atoms with E-state index >= 15 is 0 Å². The summed E-state index contributed by atoms with van der Waals surface area (Å²) in [4.78, 5) is 23.8. The van der Waals surface area contributed by atoms with Gasteiger partial charge in [0, 0.05) is 19.4 Å². The predicted molar refractivity (Wildman–Crippen MR) is 90.3 cm³/mol. The summed E-state index contributed by atoms with van der Waals surface area (Å²) >= 11 is 0. The monoisotopic (exact) mass is 343 g/mol. The van der Waals surface area contributed by atoms with Gasteiger partial charge in [-0.15, -0.1) is 0 Å². The lowest BCUT2D eigenvalue weighted by atomic mass is 9.86. The molecule has 0 unspecified atom stereocenters. The van der Waals surface area contributed by atoms with Gasteiger partial charge >= 0.3 is 5.97 Å². The number of rotatable bonds is 6. The number of hydrogen-bond acceptors (Lipinski definition) is 4. The lowest BCUT2D eigenvalue weighted by Gasteiger charge is -2.36. The molecular weight excluding hydrogens is 322 g/mol. The minimum absolute atomic E-state index is 0.111. The molecule has 2 aromatic rings. The molecule has 3 rings (SSSR count). The number of amides is 1. The topological polar surface area (TPSA) is 93.5 Å².